The summed E-state index contributed by atoms with van der Waals surface area (Å²) in [5.74, 6) is -0.306. The van der Waals surface area contributed by atoms with Crippen LogP contribution in [0.4, 0.5) is 5.13 Å². The normalized spacial score (nSPS) is 34.5. The number of imide groups is 1. The molecule has 2 aliphatic heterocycles. The number of amides is 4. The summed E-state index contributed by atoms with van der Waals surface area (Å²) >= 11 is 1.12. The molecule has 0 spiro atoms. The van der Waals surface area contributed by atoms with Gasteiger partial charge in [-0.3, -0.25) is 29.4 Å². The van der Waals surface area contributed by atoms with E-state index < -0.39 is 5.91 Å². The summed E-state index contributed by atoms with van der Waals surface area (Å²) in [5.41, 5.74) is 0. The Hall–Kier alpha value is -2.66. The van der Waals surface area contributed by atoms with Gasteiger partial charge in [-0.2, -0.15) is 0 Å². The van der Waals surface area contributed by atoms with Crippen molar-refractivity contribution in [3.05, 3.63) is 17.2 Å². The maximum absolute atomic E-state index is 13.0. The molecular weight excluding hydrogens is 434 g/mol. The van der Waals surface area contributed by atoms with Crippen molar-refractivity contribution < 1.29 is 23.9 Å². The second-order valence-electron chi connectivity index (χ2n) is 9.14. The Morgan fingerprint density at radius 1 is 1.06 bits per heavy atom. The third kappa shape index (κ3) is 3.17. The van der Waals surface area contributed by atoms with Crippen LogP contribution in [-0.4, -0.2) is 76.5 Å². The van der Waals surface area contributed by atoms with Gasteiger partial charge in [0, 0.05) is 13.1 Å². The summed E-state index contributed by atoms with van der Waals surface area (Å²) in [6, 6.07) is 0. The molecule has 6 atom stereocenters. The molecule has 4 amide bonds. The summed E-state index contributed by atoms with van der Waals surface area (Å²) in [6.07, 6.45) is 5.42. The molecule has 10 nitrogen and oxygen atoms in total. The van der Waals surface area contributed by atoms with E-state index in [4.69, 9.17) is 4.74 Å². The third-order valence-corrected chi connectivity index (χ3v) is 8.27. The molecular formula is C21H23N5O5S. The first-order chi connectivity index (χ1) is 15.5. The van der Waals surface area contributed by atoms with Crippen LogP contribution in [-0.2, 0) is 30.3 Å². The minimum absolute atomic E-state index is 0.0560. The number of nitrogens with one attached hydrogen (secondary N) is 1. The SMILES string of the molecule is O=C(CN1C(=O)[C@@H]2[C@@H]3C=C[C@H]([C@H]4C[C@H]34)[C@@H]2C1=O)Nc1nnc(CC(=O)N2CCOCC2)s1. The van der Waals surface area contributed by atoms with Crippen LogP contribution in [0.2, 0.25) is 0 Å². The smallest absolute Gasteiger partial charge is 0.246 e. The molecule has 4 aliphatic carbocycles. The van der Waals surface area contributed by atoms with E-state index >= 15 is 0 Å². The number of ether oxygens (including phenoxy) is 1. The van der Waals surface area contributed by atoms with Crippen molar-refractivity contribution in [1.82, 2.24) is 20.0 Å². The Kier molecular flexibility index (Phi) is 4.65. The quantitative estimate of drug-likeness (QED) is 0.485. The maximum Gasteiger partial charge on any atom is 0.246 e. The van der Waals surface area contributed by atoms with E-state index in [-0.39, 0.29) is 59.5 Å². The first-order valence-corrected chi connectivity index (χ1v) is 11.8. The first kappa shape index (κ1) is 20.0. The van der Waals surface area contributed by atoms with Crippen LogP contribution in [0.25, 0.3) is 0 Å². The molecule has 1 N–H and O–H groups in total. The van der Waals surface area contributed by atoms with Gasteiger partial charge >= 0.3 is 0 Å². The topological polar surface area (TPSA) is 122 Å². The zero-order valence-corrected chi connectivity index (χ0v) is 18.1. The number of nitrogens with zero attached hydrogens (tertiary/aromatic N) is 4. The number of hydrogen-bond donors (Lipinski definition) is 1. The minimum atomic E-state index is -0.488. The molecule has 168 valence electrons. The highest BCUT2D eigenvalue weighted by Gasteiger charge is 2.67. The predicted molar refractivity (Wildman–Crippen MR) is 111 cm³/mol. The Balaban J connectivity index is 1.07. The summed E-state index contributed by atoms with van der Waals surface area (Å²) in [5, 5.41) is 11.3. The number of carbonyl (C=O) groups excluding carboxylic acids is 4. The molecule has 2 saturated heterocycles. The van der Waals surface area contributed by atoms with E-state index in [9.17, 15) is 19.2 Å². The highest BCUT2D eigenvalue weighted by Crippen LogP contribution is 2.65. The molecule has 11 heteroatoms. The molecule has 0 unspecified atom stereocenters. The number of anilines is 1. The maximum atomic E-state index is 13.0. The number of rotatable bonds is 5. The van der Waals surface area contributed by atoms with Crippen LogP contribution in [0.15, 0.2) is 12.2 Å². The lowest BCUT2D eigenvalue weighted by Crippen LogP contribution is -2.41. The van der Waals surface area contributed by atoms with Crippen molar-refractivity contribution >= 4 is 40.1 Å². The average Bonchev–Trinajstić information content (AvgIpc) is 3.47. The Morgan fingerprint density at radius 3 is 2.38 bits per heavy atom. The Bertz CT molecular complexity index is 998. The minimum Gasteiger partial charge on any atom is -0.378 e. The first-order valence-electron chi connectivity index (χ1n) is 11.0. The van der Waals surface area contributed by atoms with Crippen molar-refractivity contribution in [2.24, 2.45) is 35.5 Å². The lowest BCUT2D eigenvalue weighted by Gasteiger charge is -2.37. The summed E-state index contributed by atoms with van der Waals surface area (Å²) < 4.78 is 5.25. The van der Waals surface area contributed by atoms with Gasteiger partial charge in [0.2, 0.25) is 28.8 Å². The van der Waals surface area contributed by atoms with E-state index in [0.717, 1.165) is 22.7 Å². The lowest BCUT2D eigenvalue weighted by atomic mass is 9.63. The monoisotopic (exact) mass is 457 g/mol. The third-order valence-electron chi connectivity index (χ3n) is 7.44. The number of aromatic nitrogens is 2. The number of carbonyl (C=O) groups is 4. The number of hydrogen-bond acceptors (Lipinski definition) is 8. The van der Waals surface area contributed by atoms with Crippen LogP contribution in [0.3, 0.4) is 0 Å². The van der Waals surface area contributed by atoms with Crippen molar-refractivity contribution in [1.29, 1.82) is 0 Å². The average molecular weight is 458 g/mol. The largest absolute Gasteiger partial charge is 0.378 e. The number of morpholine rings is 1. The van der Waals surface area contributed by atoms with Gasteiger partial charge in [-0.1, -0.05) is 23.5 Å². The van der Waals surface area contributed by atoms with Gasteiger partial charge < -0.3 is 9.64 Å². The van der Waals surface area contributed by atoms with Crippen LogP contribution in [0.5, 0.6) is 0 Å². The highest BCUT2D eigenvalue weighted by atomic mass is 32.1. The van der Waals surface area contributed by atoms with Gasteiger partial charge in [0.25, 0.3) is 0 Å². The van der Waals surface area contributed by atoms with Crippen molar-refractivity contribution in [2.75, 3.05) is 38.2 Å². The standard InChI is InChI=1S/C21H23N5O5S/c27-14(22-21-24-23-15(32-21)8-16(28)25-3-5-31-6-4-25)9-26-19(29)17-10-1-2-11(13-7-12(10)13)18(17)20(26)30/h1-2,10-13,17-18H,3-9H2,(H,22,24,27)/t10-,11-,12-,13-,17-,18+/m1/s1. The Labute approximate surface area is 188 Å². The van der Waals surface area contributed by atoms with E-state index in [0.29, 0.717) is 43.1 Å². The van der Waals surface area contributed by atoms with Crippen molar-refractivity contribution in [3.63, 3.8) is 0 Å². The van der Waals surface area contributed by atoms with E-state index in [2.05, 4.69) is 27.7 Å². The second kappa shape index (κ2) is 7.45. The van der Waals surface area contributed by atoms with Crippen molar-refractivity contribution in [2.45, 2.75) is 12.8 Å². The molecule has 1 aromatic rings. The molecule has 0 aromatic carbocycles. The number of allylic oxidation sites excluding steroid dienone is 2. The van der Waals surface area contributed by atoms with Crippen LogP contribution < -0.4 is 5.32 Å². The lowest BCUT2D eigenvalue weighted by molar-refractivity contribution is -0.143. The van der Waals surface area contributed by atoms with E-state index in [1.807, 2.05) is 0 Å². The molecule has 6 aliphatic rings. The Morgan fingerprint density at radius 2 is 1.72 bits per heavy atom. The summed E-state index contributed by atoms with van der Waals surface area (Å²) in [4.78, 5) is 53.7. The molecule has 0 radical (unpaired) electrons. The van der Waals surface area contributed by atoms with Gasteiger partial charge in [-0.05, 0) is 30.1 Å². The molecule has 2 saturated carbocycles. The predicted octanol–water partition coefficient (Wildman–Crippen LogP) is -0.0690. The van der Waals surface area contributed by atoms with Gasteiger partial charge in [-0.15, -0.1) is 10.2 Å². The van der Waals surface area contributed by atoms with Crippen LogP contribution >= 0.6 is 11.3 Å². The van der Waals surface area contributed by atoms with E-state index in [1.165, 1.54) is 0 Å². The van der Waals surface area contributed by atoms with Crippen LogP contribution in [0, 0.1) is 35.5 Å². The molecule has 1 aromatic heterocycles. The fourth-order valence-electron chi connectivity index (χ4n) is 5.91. The highest BCUT2D eigenvalue weighted by molar-refractivity contribution is 7.15. The zero-order chi connectivity index (χ0) is 22.0. The molecule has 3 heterocycles. The molecule has 32 heavy (non-hydrogen) atoms. The number of likely N-dealkylation sites (tertiary alicyclic amines) is 1. The van der Waals surface area contributed by atoms with Gasteiger partial charge in [0.05, 0.1) is 31.5 Å². The zero-order valence-electron chi connectivity index (χ0n) is 17.3. The van der Waals surface area contributed by atoms with Gasteiger partial charge in [0.15, 0.2) is 0 Å². The van der Waals surface area contributed by atoms with Crippen molar-refractivity contribution in [3.8, 4) is 0 Å². The van der Waals surface area contributed by atoms with E-state index in [1.54, 1.807) is 4.90 Å². The van der Waals surface area contributed by atoms with Gasteiger partial charge in [0.1, 0.15) is 11.6 Å². The molecule has 2 bridgehead atoms. The summed E-state index contributed by atoms with van der Waals surface area (Å²) in [6.45, 7) is 1.84. The molecule has 4 fully saturated rings. The second-order valence-corrected chi connectivity index (χ2v) is 10.2. The van der Waals surface area contributed by atoms with Crippen LogP contribution in [0.1, 0.15) is 11.4 Å². The fraction of sp³-hybridized carbons (Fsp3) is 0.619. The molecule has 7 rings (SSSR count). The summed E-state index contributed by atoms with van der Waals surface area (Å²) in [7, 11) is 0. The van der Waals surface area contributed by atoms with Gasteiger partial charge in [-0.25, -0.2) is 0 Å². The fourth-order valence-corrected chi connectivity index (χ4v) is 6.65.